The predicted molar refractivity (Wildman–Crippen MR) is 75.7 cm³/mol. The lowest BCUT2D eigenvalue weighted by atomic mass is 10.2. The van der Waals surface area contributed by atoms with Gasteiger partial charge in [-0.15, -0.1) is 0 Å². The maximum absolute atomic E-state index is 11.7. The van der Waals surface area contributed by atoms with Gasteiger partial charge in [0.05, 0.1) is 13.7 Å². The van der Waals surface area contributed by atoms with Gasteiger partial charge >= 0.3 is 5.97 Å². The van der Waals surface area contributed by atoms with E-state index in [1.807, 2.05) is 0 Å². The molecule has 3 N–H and O–H groups in total. The van der Waals surface area contributed by atoms with Crippen molar-refractivity contribution in [3.05, 3.63) is 18.2 Å². The zero-order valence-corrected chi connectivity index (χ0v) is 11.8. The third-order valence-electron chi connectivity index (χ3n) is 2.59. The minimum absolute atomic E-state index is 0.0408. The van der Waals surface area contributed by atoms with E-state index in [2.05, 4.69) is 5.32 Å². The van der Waals surface area contributed by atoms with Crippen molar-refractivity contribution in [2.24, 2.45) is 0 Å². The zero-order chi connectivity index (χ0) is 15.7. The molecule has 1 aromatic carbocycles. The van der Waals surface area contributed by atoms with Gasteiger partial charge in [0.15, 0.2) is 11.5 Å². The van der Waals surface area contributed by atoms with Crippen LogP contribution in [0.2, 0.25) is 0 Å². The van der Waals surface area contributed by atoms with E-state index in [9.17, 15) is 9.59 Å². The summed E-state index contributed by atoms with van der Waals surface area (Å²) in [5, 5.41) is 19.9. The fourth-order valence-electron chi connectivity index (χ4n) is 1.65. The highest BCUT2D eigenvalue weighted by atomic mass is 16.5. The van der Waals surface area contributed by atoms with Gasteiger partial charge in [0.25, 0.3) is 0 Å². The van der Waals surface area contributed by atoms with Crippen molar-refractivity contribution in [2.45, 2.75) is 19.3 Å². The third-order valence-corrected chi connectivity index (χ3v) is 2.59. The predicted octanol–water partition coefficient (Wildman–Crippen LogP) is 1.26. The molecule has 0 aliphatic rings. The molecule has 1 rings (SSSR count). The number of rotatable bonds is 9. The van der Waals surface area contributed by atoms with Gasteiger partial charge in [0.1, 0.15) is 6.61 Å². The minimum Gasteiger partial charge on any atom is -0.493 e. The summed E-state index contributed by atoms with van der Waals surface area (Å²) >= 11 is 0. The molecule has 0 saturated carbocycles. The van der Waals surface area contributed by atoms with Crippen molar-refractivity contribution in [2.75, 3.05) is 25.6 Å². The van der Waals surface area contributed by atoms with Crippen LogP contribution in [0, 0.1) is 0 Å². The molecule has 0 radical (unpaired) electrons. The number of benzene rings is 1. The highest BCUT2D eigenvalue weighted by Crippen LogP contribution is 2.30. The van der Waals surface area contributed by atoms with Crippen LogP contribution in [0.25, 0.3) is 0 Å². The SMILES string of the molecule is COc1ccc(NC(=O)CCCC(=O)O)cc1OCCO. The summed E-state index contributed by atoms with van der Waals surface area (Å²) in [6.07, 6.45) is 0.372. The fraction of sp³-hybridized carbons (Fsp3) is 0.429. The standard InChI is InChI=1S/C14H19NO6/c1-20-11-6-5-10(9-12(11)21-8-7-16)15-13(17)3-2-4-14(18)19/h5-6,9,16H,2-4,7-8H2,1H3,(H,15,17)(H,18,19). The number of hydrogen-bond acceptors (Lipinski definition) is 5. The molecule has 0 atom stereocenters. The lowest BCUT2D eigenvalue weighted by Gasteiger charge is -2.12. The summed E-state index contributed by atoms with van der Waals surface area (Å²) in [4.78, 5) is 22.0. The van der Waals surface area contributed by atoms with Crippen LogP contribution in [0.4, 0.5) is 5.69 Å². The number of aliphatic carboxylic acids is 1. The minimum atomic E-state index is -0.924. The summed E-state index contributed by atoms with van der Waals surface area (Å²) < 4.78 is 10.4. The fourth-order valence-corrected chi connectivity index (χ4v) is 1.65. The lowest BCUT2D eigenvalue weighted by Crippen LogP contribution is -2.12. The molecule has 0 saturated heterocycles. The van der Waals surface area contributed by atoms with Crippen LogP contribution < -0.4 is 14.8 Å². The molecule has 1 amide bonds. The largest absolute Gasteiger partial charge is 0.493 e. The number of carboxylic acid groups (broad SMARTS) is 1. The molecule has 7 nitrogen and oxygen atoms in total. The Hall–Kier alpha value is -2.28. The molecule has 0 heterocycles. The van der Waals surface area contributed by atoms with Crippen molar-refractivity contribution in [1.29, 1.82) is 0 Å². The van der Waals surface area contributed by atoms with E-state index in [0.717, 1.165) is 0 Å². The quantitative estimate of drug-likeness (QED) is 0.633. The second-order valence-corrected chi connectivity index (χ2v) is 4.23. The topological polar surface area (TPSA) is 105 Å². The number of aliphatic hydroxyl groups is 1. The Labute approximate surface area is 122 Å². The number of amides is 1. The first-order valence-electron chi connectivity index (χ1n) is 6.50. The molecule has 0 fully saturated rings. The number of carbonyl (C=O) groups is 2. The van der Waals surface area contributed by atoms with Crippen LogP contribution in [-0.2, 0) is 9.59 Å². The molecule has 0 bridgehead atoms. The monoisotopic (exact) mass is 297 g/mol. The summed E-state index contributed by atoms with van der Waals surface area (Å²) in [6, 6.07) is 4.88. The van der Waals surface area contributed by atoms with Gasteiger partial charge in [-0.3, -0.25) is 9.59 Å². The maximum atomic E-state index is 11.7. The first kappa shape index (κ1) is 16.8. The van der Waals surface area contributed by atoms with Crippen LogP contribution in [-0.4, -0.2) is 42.4 Å². The average molecular weight is 297 g/mol. The molecule has 0 spiro atoms. The zero-order valence-electron chi connectivity index (χ0n) is 11.8. The van der Waals surface area contributed by atoms with E-state index in [0.29, 0.717) is 17.2 Å². The molecule has 7 heteroatoms. The molecule has 21 heavy (non-hydrogen) atoms. The molecule has 0 unspecified atom stereocenters. The number of aliphatic hydroxyl groups excluding tert-OH is 1. The van der Waals surface area contributed by atoms with Gasteiger partial charge in [0.2, 0.25) is 5.91 Å². The Morgan fingerprint density at radius 2 is 2.00 bits per heavy atom. The molecule has 116 valence electrons. The van der Waals surface area contributed by atoms with Crippen LogP contribution >= 0.6 is 0 Å². The Balaban J connectivity index is 2.61. The molecule has 0 aliphatic carbocycles. The summed E-state index contributed by atoms with van der Waals surface area (Å²) in [6.45, 7) is -0.0126. The van der Waals surface area contributed by atoms with E-state index in [-0.39, 0.29) is 38.4 Å². The average Bonchev–Trinajstić information content (AvgIpc) is 2.44. The summed E-state index contributed by atoms with van der Waals surface area (Å²) in [7, 11) is 1.49. The molecule has 0 aliphatic heterocycles. The van der Waals surface area contributed by atoms with E-state index in [1.54, 1.807) is 18.2 Å². The number of carboxylic acids is 1. The number of nitrogens with one attached hydrogen (secondary N) is 1. The van der Waals surface area contributed by atoms with Crippen molar-refractivity contribution < 1.29 is 29.3 Å². The molecule has 0 aromatic heterocycles. The van der Waals surface area contributed by atoms with Gasteiger partial charge in [-0.1, -0.05) is 0 Å². The van der Waals surface area contributed by atoms with Crippen molar-refractivity contribution in [3.63, 3.8) is 0 Å². The van der Waals surface area contributed by atoms with Gasteiger partial charge in [-0.05, 0) is 18.6 Å². The Bertz CT molecular complexity index is 488. The highest BCUT2D eigenvalue weighted by Gasteiger charge is 2.09. The van der Waals surface area contributed by atoms with Crippen LogP contribution in [0.1, 0.15) is 19.3 Å². The highest BCUT2D eigenvalue weighted by molar-refractivity contribution is 5.91. The Kier molecular flexibility index (Phi) is 7.03. The molecular weight excluding hydrogens is 278 g/mol. The summed E-state index contributed by atoms with van der Waals surface area (Å²) in [5.41, 5.74) is 0.518. The Morgan fingerprint density at radius 3 is 2.62 bits per heavy atom. The van der Waals surface area contributed by atoms with Crippen molar-refractivity contribution in [3.8, 4) is 11.5 Å². The molecule has 1 aromatic rings. The van der Waals surface area contributed by atoms with E-state index in [1.165, 1.54) is 7.11 Å². The van der Waals surface area contributed by atoms with Crippen LogP contribution in [0.3, 0.4) is 0 Å². The first-order valence-corrected chi connectivity index (χ1v) is 6.50. The van der Waals surface area contributed by atoms with Gasteiger partial charge in [-0.25, -0.2) is 0 Å². The third kappa shape index (κ3) is 6.13. The number of carbonyl (C=O) groups excluding carboxylic acids is 1. The van der Waals surface area contributed by atoms with Crippen LogP contribution in [0.15, 0.2) is 18.2 Å². The number of hydrogen-bond donors (Lipinski definition) is 3. The smallest absolute Gasteiger partial charge is 0.303 e. The number of methoxy groups -OCH3 is 1. The Morgan fingerprint density at radius 1 is 1.24 bits per heavy atom. The number of anilines is 1. The van der Waals surface area contributed by atoms with Gasteiger partial charge < -0.3 is 25.0 Å². The molecular formula is C14H19NO6. The van der Waals surface area contributed by atoms with Gasteiger partial charge in [-0.2, -0.15) is 0 Å². The lowest BCUT2D eigenvalue weighted by molar-refractivity contribution is -0.137. The van der Waals surface area contributed by atoms with E-state index in [4.69, 9.17) is 19.7 Å². The second kappa shape index (κ2) is 8.80. The normalized spacial score (nSPS) is 10.0. The second-order valence-electron chi connectivity index (χ2n) is 4.23. The maximum Gasteiger partial charge on any atom is 0.303 e. The van der Waals surface area contributed by atoms with Gasteiger partial charge in [0, 0.05) is 24.6 Å². The summed E-state index contributed by atoms with van der Waals surface area (Å²) in [5.74, 6) is -0.288. The van der Waals surface area contributed by atoms with Crippen molar-refractivity contribution >= 4 is 17.6 Å². The van der Waals surface area contributed by atoms with E-state index >= 15 is 0 Å². The van der Waals surface area contributed by atoms with Crippen molar-refractivity contribution in [1.82, 2.24) is 0 Å². The van der Waals surface area contributed by atoms with Crippen LogP contribution in [0.5, 0.6) is 11.5 Å². The number of ether oxygens (including phenoxy) is 2. The van der Waals surface area contributed by atoms with E-state index < -0.39 is 5.97 Å². The first-order chi connectivity index (χ1) is 10.1.